The van der Waals surface area contributed by atoms with Gasteiger partial charge < -0.3 is 10.6 Å². The maximum absolute atomic E-state index is 12.4. The van der Waals surface area contributed by atoms with E-state index < -0.39 is 16.2 Å². The molecule has 0 saturated heterocycles. The molecular weight excluding hydrogens is 336 g/mol. The Hall–Kier alpha value is -2.05. The van der Waals surface area contributed by atoms with Crippen LogP contribution in [0.1, 0.15) is 25.0 Å². The molecule has 0 spiro atoms. The molecule has 136 valence electrons. The molecular formula is C19H26N2O3S. The zero-order chi connectivity index (χ0) is 18.6. The number of likely N-dealkylation sites (N-methyl/N-ethyl adjacent to an activating group) is 1. The van der Waals surface area contributed by atoms with Gasteiger partial charge in [-0.25, -0.2) is 0 Å². The van der Waals surface area contributed by atoms with Crippen molar-refractivity contribution in [2.24, 2.45) is 0 Å². The normalized spacial score (nSPS) is 12.8. The molecule has 0 aliphatic rings. The number of nitrogens with zero attached hydrogens (tertiary/aromatic N) is 1. The van der Waals surface area contributed by atoms with Crippen LogP contribution >= 0.6 is 0 Å². The number of nitrogens with two attached hydrogens (primary N) is 1. The molecule has 0 aromatic heterocycles. The predicted octanol–water partition coefficient (Wildman–Crippen LogP) is 3.51. The fourth-order valence-corrected chi connectivity index (χ4v) is 3.67. The van der Waals surface area contributed by atoms with E-state index in [2.05, 4.69) is 4.90 Å². The highest BCUT2D eigenvalue weighted by molar-refractivity contribution is 7.86. The van der Waals surface area contributed by atoms with Crippen LogP contribution in [0.15, 0.2) is 47.4 Å². The van der Waals surface area contributed by atoms with Gasteiger partial charge in [0.2, 0.25) is 0 Å². The van der Waals surface area contributed by atoms with Gasteiger partial charge >= 0.3 is 0 Å². The number of anilines is 2. The lowest BCUT2D eigenvalue weighted by atomic mass is 10.1. The molecule has 0 bridgehead atoms. The van der Waals surface area contributed by atoms with Gasteiger partial charge in [0.1, 0.15) is 0 Å². The molecule has 1 atom stereocenters. The summed E-state index contributed by atoms with van der Waals surface area (Å²) in [5.74, 6) is 0. The Morgan fingerprint density at radius 3 is 2.32 bits per heavy atom. The number of hydrogen-bond donors (Lipinski definition) is 1. The van der Waals surface area contributed by atoms with Crippen LogP contribution in [0.25, 0.3) is 0 Å². The molecule has 0 aliphatic heterocycles. The molecule has 0 fully saturated rings. The average Bonchev–Trinajstić information content (AvgIpc) is 2.55. The maximum Gasteiger partial charge on any atom is 0.297 e. The summed E-state index contributed by atoms with van der Waals surface area (Å²) in [5, 5.41) is 0. The number of nitrogen functional groups attached to an aromatic ring is 1. The standard InChI is InChI=1S/C19H26N2O3S/c1-5-21(17-8-11-19(20)15(3)12-17)13-16(4)24-25(22,23)18-9-6-14(2)7-10-18/h6-12,16H,5,13,20H2,1-4H3. The molecule has 1 unspecified atom stereocenters. The van der Waals surface area contributed by atoms with E-state index >= 15 is 0 Å². The van der Waals surface area contributed by atoms with Gasteiger partial charge in [-0.2, -0.15) is 8.42 Å². The quantitative estimate of drug-likeness (QED) is 0.603. The van der Waals surface area contributed by atoms with Crippen molar-refractivity contribution in [1.82, 2.24) is 0 Å². The van der Waals surface area contributed by atoms with Crippen LogP contribution in [0.4, 0.5) is 11.4 Å². The van der Waals surface area contributed by atoms with E-state index in [1.807, 2.05) is 39.0 Å². The Labute approximate surface area is 150 Å². The number of hydrogen-bond acceptors (Lipinski definition) is 5. The van der Waals surface area contributed by atoms with Gasteiger partial charge in [0, 0.05) is 24.5 Å². The Kier molecular flexibility index (Phi) is 6.08. The minimum absolute atomic E-state index is 0.177. The second kappa shape index (κ2) is 7.89. The predicted molar refractivity (Wildman–Crippen MR) is 102 cm³/mol. The summed E-state index contributed by atoms with van der Waals surface area (Å²) in [6, 6.07) is 12.5. The van der Waals surface area contributed by atoms with E-state index in [4.69, 9.17) is 9.92 Å². The van der Waals surface area contributed by atoms with Crippen LogP contribution in [0.2, 0.25) is 0 Å². The number of benzene rings is 2. The highest BCUT2D eigenvalue weighted by Crippen LogP contribution is 2.22. The SMILES string of the molecule is CCN(CC(C)OS(=O)(=O)c1ccc(C)cc1)c1ccc(N)c(C)c1. The van der Waals surface area contributed by atoms with E-state index in [0.717, 1.165) is 29.0 Å². The maximum atomic E-state index is 12.4. The topological polar surface area (TPSA) is 72.6 Å². The van der Waals surface area contributed by atoms with Crippen molar-refractivity contribution >= 4 is 21.5 Å². The molecule has 2 aromatic rings. The van der Waals surface area contributed by atoms with Crippen molar-refractivity contribution in [2.75, 3.05) is 23.7 Å². The Bertz CT molecular complexity index is 817. The van der Waals surface area contributed by atoms with Crippen molar-refractivity contribution in [3.8, 4) is 0 Å². The van der Waals surface area contributed by atoms with Crippen LogP contribution in [0, 0.1) is 13.8 Å². The van der Waals surface area contributed by atoms with Crippen molar-refractivity contribution in [3.63, 3.8) is 0 Å². The highest BCUT2D eigenvalue weighted by Gasteiger charge is 2.21. The fraction of sp³-hybridized carbons (Fsp3) is 0.368. The number of aryl methyl sites for hydroxylation is 2. The first-order valence-corrected chi connectivity index (χ1v) is 9.74. The summed E-state index contributed by atoms with van der Waals surface area (Å²) in [7, 11) is -3.77. The third-order valence-corrected chi connectivity index (χ3v) is 5.51. The monoisotopic (exact) mass is 362 g/mol. The largest absolute Gasteiger partial charge is 0.399 e. The summed E-state index contributed by atoms with van der Waals surface area (Å²) in [6.07, 6.45) is -0.482. The molecule has 0 aliphatic carbocycles. The summed E-state index contributed by atoms with van der Waals surface area (Å²) in [5.41, 5.74) is 9.61. The minimum atomic E-state index is -3.77. The molecule has 6 heteroatoms. The van der Waals surface area contributed by atoms with Crippen molar-refractivity contribution in [3.05, 3.63) is 53.6 Å². The summed E-state index contributed by atoms with van der Waals surface area (Å²) in [4.78, 5) is 2.25. The van der Waals surface area contributed by atoms with Crippen LogP contribution in [0.3, 0.4) is 0 Å². The minimum Gasteiger partial charge on any atom is -0.399 e. The van der Waals surface area contributed by atoms with Gasteiger partial charge in [0.15, 0.2) is 0 Å². The van der Waals surface area contributed by atoms with Gasteiger partial charge in [0.05, 0.1) is 11.0 Å². The Balaban J connectivity index is 2.10. The zero-order valence-electron chi connectivity index (χ0n) is 15.2. The lowest BCUT2D eigenvalue weighted by molar-refractivity contribution is 0.233. The average molecular weight is 362 g/mol. The first-order chi connectivity index (χ1) is 11.7. The zero-order valence-corrected chi connectivity index (χ0v) is 16.0. The van der Waals surface area contributed by atoms with E-state index in [1.54, 1.807) is 31.2 Å². The van der Waals surface area contributed by atoms with Gasteiger partial charge in [-0.3, -0.25) is 4.18 Å². The highest BCUT2D eigenvalue weighted by atomic mass is 32.2. The lowest BCUT2D eigenvalue weighted by Crippen LogP contribution is -2.33. The van der Waals surface area contributed by atoms with Gasteiger partial charge in [0.25, 0.3) is 10.1 Å². The smallest absolute Gasteiger partial charge is 0.297 e. The Morgan fingerprint density at radius 1 is 1.12 bits per heavy atom. The van der Waals surface area contributed by atoms with Crippen molar-refractivity contribution in [1.29, 1.82) is 0 Å². The van der Waals surface area contributed by atoms with E-state index in [-0.39, 0.29) is 4.90 Å². The van der Waals surface area contributed by atoms with Gasteiger partial charge in [-0.15, -0.1) is 0 Å². The molecule has 2 rings (SSSR count). The summed E-state index contributed by atoms with van der Waals surface area (Å²) < 4.78 is 30.2. The number of rotatable bonds is 7. The third kappa shape index (κ3) is 4.96. The van der Waals surface area contributed by atoms with Gasteiger partial charge in [-0.1, -0.05) is 17.7 Å². The first-order valence-electron chi connectivity index (χ1n) is 8.34. The summed E-state index contributed by atoms with van der Waals surface area (Å²) in [6.45, 7) is 8.85. The van der Waals surface area contributed by atoms with Gasteiger partial charge in [-0.05, 0) is 63.6 Å². The molecule has 0 radical (unpaired) electrons. The van der Waals surface area contributed by atoms with Crippen molar-refractivity contribution < 1.29 is 12.6 Å². The van der Waals surface area contributed by atoms with E-state index in [1.165, 1.54) is 0 Å². The third-order valence-electron chi connectivity index (χ3n) is 4.08. The van der Waals surface area contributed by atoms with Crippen LogP contribution < -0.4 is 10.6 Å². The van der Waals surface area contributed by atoms with E-state index in [0.29, 0.717) is 6.54 Å². The van der Waals surface area contributed by atoms with Crippen molar-refractivity contribution in [2.45, 2.75) is 38.7 Å². The molecule has 0 amide bonds. The van der Waals surface area contributed by atoms with Crippen LogP contribution in [-0.2, 0) is 14.3 Å². The molecule has 5 nitrogen and oxygen atoms in total. The second-order valence-corrected chi connectivity index (χ2v) is 7.83. The van der Waals surface area contributed by atoms with Crippen LogP contribution in [0.5, 0.6) is 0 Å². The van der Waals surface area contributed by atoms with E-state index in [9.17, 15) is 8.42 Å². The Morgan fingerprint density at radius 2 is 1.76 bits per heavy atom. The molecule has 2 aromatic carbocycles. The lowest BCUT2D eigenvalue weighted by Gasteiger charge is -2.27. The fourth-order valence-electron chi connectivity index (χ4n) is 2.59. The molecule has 25 heavy (non-hydrogen) atoms. The molecule has 0 saturated carbocycles. The van der Waals surface area contributed by atoms with Crippen LogP contribution in [-0.4, -0.2) is 27.6 Å². The molecule has 0 heterocycles. The molecule has 2 N–H and O–H groups in total. The summed E-state index contributed by atoms with van der Waals surface area (Å²) >= 11 is 0. The second-order valence-electron chi connectivity index (χ2n) is 6.25. The first kappa shape index (κ1) is 19.3.